The Balaban J connectivity index is 1.99. The summed E-state index contributed by atoms with van der Waals surface area (Å²) in [5.74, 6) is 0. The molecule has 2 rings (SSSR count). The van der Waals surface area contributed by atoms with Crippen LogP contribution < -0.4 is 5.32 Å². The van der Waals surface area contributed by atoms with Crippen molar-refractivity contribution >= 4 is 21.6 Å². The maximum atomic E-state index is 3.42. The second-order valence-corrected chi connectivity index (χ2v) is 4.77. The summed E-state index contributed by atoms with van der Waals surface area (Å²) >= 11 is 3.42. The molecule has 0 radical (unpaired) electrons. The summed E-state index contributed by atoms with van der Waals surface area (Å²) in [6.45, 7) is 2.98. The Kier molecular flexibility index (Phi) is 3.62. The van der Waals surface area contributed by atoms with Gasteiger partial charge in [-0.25, -0.2) is 0 Å². The molecule has 2 heteroatoms. The largest absolute Gasteiger partial charge is 0.381 e. The van der Waals surface area contributed by atoms with Gasteiger partial charge in [-0.2, -0.15) is 0 Å². The first-order valence-corrected chi connectivity index (χ1v) is 6.08. The van der Waals surface area contributed by atoms with E-state index in [-0.39, 0.29) is 0 Å². The molecule has 0 atom stereocenters. The number of hydrogen-bond donors (Lipinski definition) is 1. The van der Waals surface area contributed by atoms with Crippen molar-refractivity contribution in [1.82, 2.24) is 0 Å². The molecule has 0 aliphatic heterocycles. The van der Waals surface area contributed by atoms with Crippen molar-refractivity contribution < 1.29 is 0 Å². The van der Waals surface area contributed by atoms with Gasteiger partial charge in [0.2, 0.25) is 0 Å². The standard InChI is InChI=1S/C14H14BrN/c1-11-3-2-4-12(9-11)10-16-14-7-5-13(15)6-8-14/h2-9,16H,10H2,1H3. The Morgan fingerprint density at radius 1 is 1.06 bits per heavy atom. The normalized spacial score (nSPS) is 10.1. The highest BCUT2D eigenvalue weighted by Crippen LogP contribution is 2.15. The third-order valence-corrected chi connectivity index (χ3v) is 2.95. The molecule has 0 fully saturated rings. The third-order valence-electron chi connectivity index (χ3n) is 2.42. The van der Waals surface area contributed by atoms with E-state index in [1.54, 1.807) is 0 Å². The number of benzene rings is 2. The number of hydrogen-bond acceptors (Lipinski definition) is 1. The van der Waals surface area contributed by atoms with Crippen LogP contribution in [0, 0.1) is 6.92 Å². The van der Waals surface area contributed by atoms with Crippen LogP contribution in [0.15, 0.2) is 53.0 Å². The molecule has 1 N–H and O–H groups in total. The number of nitrogens with one attached hydrogen (secondary N) is 1. The minimum Gasteiger partial charge on any atom is -0.381 e. The molecular weight excluding hydrogens is 262 g/mol. The Hall–Kier alpha value is -1.28. The summed E-state index contributed by atoms with van der Waals surface area (Å²) in [7, 11) is 0. The number of anilines is 1. The van der Waals surface area contributed by atoms with Gasteiger partial charge in [-0.1, -0.05) is 45.8 Å². The Bertz CT molecular complexity index is 462. The lowest BCUT2D eigenvalue weighted by molar-refractivity contribution is 1.14. The summed E-state index contributed by atoms with van der Waals surface area (Å²) in [4.78, 5) is 0. The zero-order valence-electron chi connectivity index (χ0n) is 9.20. The van der Waals surface area contributed by atoms with Crippen LogP contribution in [0.3, 0.4) is 0 Å². The first-order valence-electron chi connectivity index (χ1n) is 5.29. The molecule has 0 bridgehead atoms. The van der Waals surface area contributed by atoms with E-state index in [0.717, 1.165) is 16.7 Å². The molecule has 0 heterocycles. The highest BCUT2D eigenvalue weighted by Gasteiger charge is 1.94. The van der Waals surface area contributed by atoms with Crippen LogP contribution in [0.2, 0.25) is 0 Å². The number of rotatable bonds is 3. The van der Waals surface area contributed by atoms with Gasteiger partial charge in [0.25, 0.3) is 0 Å². The summed E-state index contributed by atoms with van der Waals surface area (Å²) in [5, 5.41) is 3.39. The van der Waals surface area contributed by atoms with Gasteiger partial charge in [0.1, 0.15) is 0 Å². The summed E-state index contributed by atoms with van der Waals surface area (Å²) in [6, 6.07) is 16.8. The number of halogens is 1. The molecule has 0 aliphatic carbocycles. The van der Waals surface area contributed by atoms with E-state index in [2.05, 4.69) is 64.6 Å². The second kappa shape index (κ2) is 5.17. The SMILES string of the molecule is Cc1cccc(CNc2ccc(Br)cc2)c1. The molecular formula is C14H14BrN. The number of aryl methyl sites for hydroxylation is 1. The van der Waals surface area contributed by atoms with E-state index in [4.69, 9.17) is 0 Å². The molecule has 0 unspecified atom stereocenters. The average molecular weight is 276 g/mol. The van der Waals surface area contributed by atoms with Crippen molar-refractivity contribution in [3.8, 4) is 0 Å². The molecule has 82 valence electrons. The van der Waals surface area contributed by atoms with E-state index in [9.17, 15) is 0 Å². The van der Waals surface area contributed by atoms with E-state index in [0.29, 0.717) is 0 Å². The summed E-state index contributed by atoms with van der Waals surface area (Å²) < 4.78 is 1.11. The molecule has 2 aromatic carbocycles. The predicted molar refractivity (Wildman–Crippen MR) is 72.6 cm³/mol. The highest BCUT2D eigenvalue weighted by atomic mass is 79.9. The molecule has 1 nitrogen and oxygen atoms in total. The van der Waals surface area contributed by atoms with Gasteiger partial charge in [-0.15, -0.1) is 0 Å². The van der Waals surface area contributed by atoms with Crippen LogP contribution in [-0.2, 0) is 6.54 Å². The molecule has 0 spiro atoms. The van der Waals surface area contributed by atoms with Gasteiger partial charge in [-0.05, 0) is 36.8 Å². The second-order valence-electron chi connectivity index (χ2n) is 3.85. The van der Waals surface area contributed by atoms with Crippen LogP contribution in [0.25, 0.3) is 0 Å². The topological polar surface area (TPSA) is 12.0 Å². The van der Waals surface area contributed by atoms with Crippen molar-refractivity contribution in [2.45, 2.75) is 13.5 Å². The van der Waals surface area contributed by atoms with Crippen molar-refractivity contribution in [3.05, 3.63) is 64.1 Å². The van der Waals surface area contributed by atoms with E-state index >= 15 is 0 Å². The van der Waals surface area contributed by atoms with Gasteiger partial charge in [0, 0.05) is 16.7 Å². The first-order chi connectivity index (χ1) is 7.74. The van der Waals surface area contributed by atoms with Crippen LogP contribution in [0.1, 0.15) is 11.1 Å². The van der Waals surface area contributed by atoms with Gasteiger partial charge < -0.3 is 5.32 Å². The first kappa shape index (κ1) is 11.2. The fourth-order valence-corrected chi connectivity index (χ4v) is 1.86. The molecule has 0 aromatic heterocycles. The van der Waals surface area contributed by atoms with Gasteiger partial charge in [0.05, 0.1) is 0 Å². The third kappa shape index (κ3) is 3.11. The van der Waals surface area contributed by atoms with Crippen LogP contribution in [0.5, 0.6) is 0 Å². The average Bonchev–Trinajstić information content (AvgIpc) is 2.28. The predicted octanol–water partition coefficient (Wildman–Crippen LogP) is 4.37. The molecule has 0 saturated carbocycles. The summed E-state index contributed by atoms with van der Waals surface area (Å²) in [6.07, 6.45) is 0. The van der Waals surface area contributed by atoms with Crippen molar-refractivity contribution in [2.24, 2.45) is 0 Å². The van der Waals surface area contributed by atoms with Crippen LogP contribution in [0.4, 0.5) is 5.69 Å². The minimum atomic E-state index is 0.864. The quantitative estimate of drug-likeness (QED) is 0.877. The lowest BCUT2D eigenvalue weighted by Gasteiger charge is -2.07. The van der Waals surface area contributed by atoms with Gasteiger partial charge in [0.15, 0.2) is 0 Å². The van der Waals surface area contributed by atoms with Gasteiger partial charge in [-0.3, -0.25) is 0 Å². The Labute approximate surface area is 105 Å². The zero-order chi connectivity index (χ0) is 11.4. The Morgan fingerprint density at radius 3 is 2.50 bits per heavy atom. The van der Waals surface area contributed by atoms with E-state index in [1.165, 1.54) is 11.1 Å². The van der Waals surface area contributed by atoms with Crippen LogP contribution in [-0.4, -0.2) is 0 Å². The minimum absolute atomic E-state index is 0.864. The molecule has 0 aliphatic rings. The lowest BCUT2D eigenvalue weighted by Crippen LogP contribution is -1.99. The van der Waals surface area contributed by atoms with Crippen molar-refractivity contribution in [3.63, 3.8) is 0 Å². The van der Waals surface area contributed by atoms with Crippen molar-refractivity contribution in [1.29, 1.82) is 0 Å². The van der Waals surface area contributed by atoms with Gasteiger partial charge >= 0.3 is 0 Å². The fourth-order valence-electron chi connectivity index (χ4n) is 1.59. The lowest BCUT2D eigenvalue weighted by atomic mass is 10.1. The highest BCUT2D eigenvalue weighted by molar-refractivity contribution is 9.10. The fraction of sp³-hybridized carbons (Fsp3) is 0.143. The smallest absolute Gasteiger partial charge is 0.0400 e. The van der Waals surface area contributed by atoms with E-state index in [1.807, 2.05) is 12.1 Å². The molecule has 0 saturated heterocycles. The maximum Gasteiger partial charge on any atom is 0.0400 e. The monoisotopic (exact) mass is 275 g/mol. The van der Waals surface area contributed by atoms with Crippen LogP contribution >= 0.6 is 15.9 Å². The van der Waals surface area contributed by atoms with Crippen molar-refractivity contribution in [2.75, 3.05) is 5.32 Å². The maximum absolute atomic E-state index is 3.42. The Morgan fingerprint density at radius 2 is 1.81 bits per heavy atom. The molecule has 2 aromatic rings. The van der Waals surface area contributed by atoms with E-state index < -0.39 is 0 Å². The molecule has 0 amide bonds. The summed E-state index contributed by atoms with van der Waals surface area (Å²) in [5.41, 5.74) is 3.75. The molecule has 16 heavy (non-hydrogen) atoms. The zero-order valence-corrected chi connectivity index (χ0v) is 10.8.